The minimum absolute atomic E-state index is 0.183. The summed E-state index contributed by atoms with van der Waals surface area (Å²) in [5.41, 5.74) is -5.48. The lowest BCUT2D eigenvalue weighted by molar-refractivity contribution is -0.0499. The molecule has 0 unspecified atom stereocenters. The molecule has 102 valence electrons. The minimum Gasteiger partial charge on any atom is -0.375 e. The second kappa shape index (κ2) is 4.57. The lowest BCUT2D eigenvalue weighted by Crippen LogP contribution is -2.28. The third-order valence-corrected chi connectivity index (χ3v) is 3.61. The Morgan fingerprint density at radius 2 is 1.58 bits per heavy atom. The zero-order chi connectivity index (χ0) is 14.3. The fourth-order valence-corrected chi connectivity index (χ4v) is 2.19. The average molecular weight is 311 g/mol. The van der Waals surface area contributed by atoms with Crippen LogP contribution in [-0.4, -0.2) is 13.9 Å². The first-order valence-electron chi connectivity index (χ1n) is 4.90. The summed E-state index contributed by atoms with van der Waals surface area (Å²) in [7, 11) is -5.70. The van der Waals surface area contributed by atoms with Crippen LogP contribution < -0.4 is 4.18 Å². The molecule has 0 fully saturated rings. The van der Waals surface area contributed by atoms with Crippen molar-refractivity contribution in [3.63, 3.8) is 0 Å². The summed E-state index contributed by atoms with van der Waals surface area (Å²) in [6.45, 7) is 0. The van der Waals surface area contributed by atoms with Gasteiger partial charge < -0.3 is 4.18 Å². The number of rotatable bonds is 2. The van der Waals surface area contributed by atoms with Crippen LogP contribution in [-0.2, 0) is 10.1 Å². The number of alkyl halides is 3. The van der Waals surface area contributed by atoms with E-state index in [0.717, 1.165) is 6.07 Å². The third kappa shape index (κ3) is 2.62. The highest BCUT2D eigenvalue weighted by Crippen LogP contribution is 2.34. The number of fused-ring (bicyclic) bond motifs is 1. The first-order valence-corrected chi connectivity index (χ1v) is 6.69. The maximum absolute atomic E-state index is 12.3. The largest absolute Gasteiger partial charge is 0.534 e. The molecule has 0 N–H and O–H groups in total. The summed E-state index contributed by atoms with van der Waals surface area (Å²) < 4.78 is 62.8. The van der Waals surface area contributed by atoms with Crippen LogP contribution in [0, 0.1) is 0 Å². The molecule has 19 heavy (non-hydrogen) atoms. The molecule has 0 radical (unpaired) electrons. The van der Waals surface area contributed by atoms with Gasteiger partial charge in [0.2, 0.25) is 0 Å². The molecule has 0 spiro atoms. The van der Waals surface area contributed by atoms with Crippen molar-refractivity contribution >= 4 is 32.5 Å². The Kier molecular flexibility index (Phi) is 3.36. The van der Waals surface area contributed by atoms with E-state index in [1.54, 1.807) is 6.07 Å². The lowest BCUT2D eigenvalue weighted by Gasteiger charge is -2.11. The van der Waals surface area contributed by atoms with Crippen molar-refractivity contribution in [1.82, 2.24) is 0 Å². The van der Waals surface area contributed by atoms with Gasteiger partial charge in [-0.15, -0.1) is 0 Å². The minimum atomic E-state index is -5.70. The number of hydrogen-bond acceptors (Lipinski definition) is 3. The SMILES string of the molecule is O=S(=O)(Oc1cccc2c(Cl)cccc12)C(F)(F)F. The maximum atomic E-state index is 12.3. The molecule has 0 aliphatic heterocycles. The molecule has 2 aromatic carbocycles. The Morgan fingerprint density at radius 3 is 2.21 bits per heavy atom. The van der Waals surface area contributed by atoms with Crippen LogP contribution in [0.15, 0.2) is 36.4 Å². The predicted octanol–water partition coefficient (Wildman–Crippen LogP) is 3.72. The van der Waals surface area contributed by atoms with Crippen molar-refractivity contribution in [2.24, 2.45) is 0 Å². The number of benzene rings is 2. The van der Waals surface area contributed by atoms with Gasteiger partial charge in [-0.05, 0) is 12.1 Å². The Hall–Kier alpha value is -1.47. The van der Waals surface area contributed by atoms with Crippen LogP contribution >= 0.6 is 11.6 Å². The molecule has 0 aromatic heterocycles. The fourth-order valence-electron chi connectivity index (χ4n) is 1.48. The van der Waals surface area contributed by atoms with Gasteiger partial charge in [-0.3, -0.25) is 0 Å². The quantitative estimate of drug-likeness (QED) is 0.627. The van der Waals surface area contributed by atoms with Crippen LogP contribution in [0.25, 0.3) is 10.8 Å². The van der Waals surface area contributed by atoms with Crippen LogP contribution in [0.2, 0.25) is 5.02 Å². The van der Waals surface area contributed by atoms with Crippen LogP contribution in [0.3, 0.4) is 0 Å². The molecule has 0 atom stereocenters. The number of hydrogen-bond donors (Lipinski definition) is 0. The molecule has 0 saturated carbocycles. The first-order chi connectivity index (χ1) is 8.72. The van der Waals surface area contributed by atoms with E-state index in [2.05, 4.69) is 4.18 Å². The average Bonchev–Trinajstić information content (AvgIpc) is 2.28. The molecular formula is C11H6ClF3O3S. The molecule has 0 aliphatic carbocycles. The maximum Gasteiger partial charge on any atom is 0.534 e. The molecule has 2 rings (SSSR count). The first kappa shape index (κ1) is 14.0. The van der Waals surface area contributed by atoms with Crippen LogP contribution in [0.5, 0.6) is 5.75 Å². The summed E-state index contributed by atoms with van der Waals surface area (Å²) in [5.74, 6) is -0.419. The third-order valence-electron chi connectivity index (χ3n) is 2.31. The van der Waals surface area contributed by atoms with E-state index < -0.39 is 21.4 Å². The van der Waals surface area contributed by atoms with Gasteiger partial charge in [0.1, 0.15) is 0 Å². The van der Waals surface area contributed by atoms with E-state index in [1.807, 2.05) is 0 Å². The second-order valence-electron chi connectivity index (χ2n) is 3.57. The van der Waals surface area contributed by atoms with Gasteiger partial charge in [0.05, 0.1) is 0 Å². The van der Waals surface area contributed by atoms with E-state index in [-0.39, 0.29) is 10.4 Å². The van der Waals surface area contributed by atoms with Crippen molar-refractivity contribution in [1.29, 1.82) is 0 Å². The van der Waals surface area contributed by atoms with Gasteiger partial charge in [-0.2, -0.15) is 21.6 Å². The molecule has 8 heteroatoms. The number of halogens is 4. The highest BCUT2D eigenvalue weighted by atomic mass is 35.5. The van der Waals surface area contributed by atoms with Gasteiger partial charge >= 0.3 is 15.6 Å². The van der Waals surface area contributed by atoms with Gasteiger partial charge in [-0.25, -0.2) is 0 Å². The Morgan fingerprint density at radius 1 is 1.00 bits per heavy atom. The molecule has 0 bridgehead atoms. The highest BCUT2D eigenvalue weighted by molar-refractivity contribution is 7.88. The molecule has 3 nitrogen and oxygen atoms in total. The van der Waals surface area contributed by atoms with E-state index in [9.17, 15) is 21.6 Å². The van der Waals surface area contributed by atoms with E-state index in [4.69, 9.17) is 11.6 Å². The van der Waals surface area contributed by atoms with Gasteiger partial charge in [0.15, 0.2) is 5.75 Å². The lowest BCUT2D eigenvalue weighted by atomic mass is 10.1. The van der Waals surface area contributed by atoms with Gasteiger partial charge in [-0.1, -0.05) is 35.9 Å². The van der Waals surface area contributed by atoms with Crippen molar-refractivity contribution in [3.05, 3.63) is 41.4 Å². The van der Waals surface area contributed by atoms with E-state index in [1.165, 1.54) is 24.3 Å². The summed E-state index contributed by atoms with van der Waals surface area (Å²) in [4.78, 5) is 0. The van der Waals surface area contributed by atoms with Crippen molar-refractivity contribution in [3.8, 4) is 5.75 Å². The zero-order valence-corrected chi connectivity index (χ0v) is 10.7. The second-order valence-corrected chi connectivity index (χ2v) is 5.52. The molecular weight excluding hydrogens is 305 g/mol. The zero-order valence-electron chi connectivity index (χ0n) is 9.11. The highest BCUT2D eigenvalue weighted by Gasteiger charge is 2.48. The summed E-state index contributed by atoms with van der Waals surface area (Å²) in [6.07, 6.45) is 0. The Bertz CT molecular complexity index is 726. The van der Waals surface area contributed by atoms with Crippen molar-refractivity contribution in [2.75, 3.05) is 0 Å². The van der Waals surface area contributed by atoms with E-state index in [0.29, 0.717) is 5.39 Å². The van der Waals surface area contributed by atoms with Crippen LogP contribution in [0.1, 0.15) is 0 Å². The Balaban J connectivity index is 2.57. The topological polar surface area (TPSA) is 43.4 Å². The molecule has 0 aliphatic rings. The smallest absolute Gasteiger partial charge is 0.375 e. The van der Waals surface area contributed by atoms with E-state index >= 15 is 0 Å². The molecule has 0 saturated heterocycles. The van der Waals surface area contributed by atoms with Gasteiger partial charge in [0, 0.05) is 15.8 Å². The monoisotopic (exact) mass is 310 g/mol. The van der Waals surface area contributed by atoms with Gasteiger partial charge in [0.25, 0.3) is 0 Å². The fraction of sp³-hybridized carbons (Fsp3) is 0.0909. The molecule has 0 amide bonds. The normalized spacial score (nSPS) is 12.6. The Labute approximate surface area is 111 Å². The molecule has 0 heterocycles. The molecule has 2 aromatic rings. The predicted molar refractivity (Wildman–Crippen MR) is 64.6 cm³/mol. The summed E-state index contributed by atoms with van der Waals surface area (Å²) in [5, 5.41) is 0.870. The van der Waals surface area contributed by atoms with Crippen molar-refractivity contribution in [2.45, 2.75) is 5.51 Å². The van der Waals surface area contributed by atoms with Crippen molar-refractivity contribution < 1.29 is 25.8 Å². The summed E-state index contributed by atoms with van der Waals surface area (Å²) >= 11 is 5.86. The standard InChI is InChI=1S/C11H6ClF3O3S/c12-9-5-1-4-8-7(9)3-2-6-10(8)18-19(16,17)11(13,14)15/h1-6H. The summed E-state index contributed by atoms with van der Waals surface area (Å²) in [6, 6.07) is 8.47. The van der Waals surface area contributed by atoms with Crippen LogP contribution in [0.4, 0.5) is 13.2 Å².